The van der Waals surface area contributed by atoms with Crippen molar-refractivity contribution >= 4 is 11.8 Å². The van der Waals surface area contributed by atoms with Gasteiger partial charge >= 0.3 is 0 Å². The van der Waals surface area contributed by atoms with Gasteiger partial charge in [0, 0.05) is 84.9 Å². The SMILES string of the molecule is Cc1cc2c(c(O)c1C)[C@@H]1C3Cc4c(O)c(C)c5c(c4[C@H](CNC(=O)[C@H](C)NC(=O)Cc4ccccc4)N3[C@@H](C#N)[C@H](C2)N1C)OCO5.[Ac]. The van der Waals surface area contributed by atoms with E-state index >= 15 is 0 Å². The van der Waals surface area contributed by atoms with Gasteiger partial charge in [0.1, 0.15) is 23.6 Å². The Kier molecular flexibility index (Phi) is 9.96. The largest absolute Gasteiger partial charge is 0.507 e. The molecule has 12 heteroatoms. The zero-order valence-electron chi connectivity index (χ0n) is 28.4. The van der Waals surface area contributed by atoms with Crippen molar-refractivity contribution in [3.63, 3.8) is 0 Å². The maximum Gasteiger partial charge on any atom is 0.242 e. The summed E-state index contributed by atoms with van der Waals surface area (Å²) < 4.78 is 11.8. The van der Waals surface area contributed by atoms with Gasteiger partial charge in [-0.25, -0.2) is 0 Å². The summed E-state index contributed by atoms with van der Waals surface area (Å²) in [5, 5.41) is 39.8. The minimum atomic E-state index is -0.814. The average Bonchev–Trinajstić information content (AvgIpc) is 3.56. The van der Waals surface area contributed by atoms with Crippen molar-refractivity contribution in [2.75, 3.05) is 20.4 Å². The number of aromatic hydroxyl groups is 2. The third-order valence-electron chi connectivity index (χ3n) is 10.9. The van der Waals surface area contributed by atoms with Crippen LogP contribution in [0, 0.1) is 76.2 Å². The number of aryl methyl sites for hydroxylation is 1. The van der Waals surface area contributed by atoms with Gasteiger partial charge in [0.2, 0.25) is 18.6 Å². The molecule has 0 saturated carbocycles. The van der Waals surface area contributed by atoms with E-state index in [1.807, 2.05) is 51.2 Å². The van der Waals surface area contributed by atoms with Crippen molar-refractivity contribution in [2.24, 2.45) is 0 Å². The summed E-state index contributed by atoms with van der Waals surface area (Å²) >= 11 is 0. The van der Waals surface area contributed by atoms with E-state index in [0.29, 0.717) is 41.0 Å². The molecule has 3 aromatic carbocycles. The molecule has 0 aliphatic carbocycles. The van der Waals surface area contributed by atoms with E-state index in [4.69, 9.17) is 9.47 Å². The molecule has 1 unspecified atom stereocenters. The van der Waals surface area contributed by atoms with E-state index in [1.165, 1.54) is 0 Å². The number of benzene rings is 3. The Morgan fingerprint density at radius 3 is 2.45 bits per heavy atom. The second kappa shape index (κ2) is 13.8. The van der Waals surface area contributed by atoms with E-state index in [1.54, 1.807) is 13.8 Å². The smallest absolute Gasteiger partial charge is 0.242 e. The van der Waals surface area contributed by atoms with Gasteiger partial charge in [0.25, 0.3) is 0 Å². The first-order valence-electron chi connectivity index (χ1n) is 16.5. The third kappa shape index (κ3) is 5.87. The van der Waals surface area contributed by atoms with Crippen LogP contribution in [0.5, 0.6) is 23.0 Å². The number of phenols is 2. The van der Waals surface area contributed by atoms with Crippen LogP contribution in [0.25, 0.3) is 0 Å². The molecule has 1 radical (unpaired) electrons. The summed E-state index contributed by atoms with van der Waals surface area (Å²) in [6, 6.07) is 11.3. The molecule has 2 amide bonds. The number of phenolic OH excluding ortho intramolecular Hbond substituents is 2. The van der Waals surface area contributed by atoms with Crippen LogP contribution in [0.4, 0.5) is 0 Å². The first-order chi connectivity index (χ1) is 23.0. The molecule has 49 heavy (non-hydrogen) atoms. The summed E-state index contributed by atoms with van der Waals surface area (Å²) in [5.74, 6) is 0.693. The standard InChI is InChI=1S/C37H41N5O6.Ac/c1-18-11-23-13-25-27(15-38)42-26(32(41(25)5)30(23)34(45)19(18)2)14-24-31(36-35(47-17-48-36)20(3)33(24)44)28(42)16-39-37(46)21(4)40-29(43)12-22-9-7-6-8-10-22;/h6-11,21,25-28,32,44-45H,12-14,16-17H2,1-5H3,(H,39,46)(H,40,43);/t21-,25-,26?,27-,28-,32-;/m0./s1. The van der Waals surface area contributed by atoms with Crippen molar-refractivity contribution < 1.29 is 73.3 Å². The number of hydrogen-bond acceptors (Lipinski definition) is 9. The molecule has 7 rings (SSSR count). The molecule has 1 saturated heterocycles. The van der Waals surface area contributed by atoms with Crippen molar-refractivity contribution in [2.45, 2.75) is 83.2 Å². The fraction of sp³-hybridized carbons (Fsp3) is 0.432. The van der Waals surface area contributed by atoms with Gasteiger partial charge in [0.05, 0.1) is 24.6 Å². The number of nitriles is 1. The fourth-order valence-corrected chi connectivity index (χ4v) is 8.40. The molecule has 1 fully saturated rings. The topological polar surface area (TPSA) is 147 Å². The van der Waals surface area contributed by atoms with Crippen LogP contribution in [0.15, 0.2) is 36.4 Å². The molecular weight excluding hydrogens is 837 g/mol. The van der Waals surface area contributed by atoms with Crippen LogP contribution in [-0.2, 0) is 28.9 Å². The Hall–Kier alpha value is -3.35. The number of ether oxygens (including phenoxy) is 2. The van der Waals surface area contributed by atoms with Gasteiger partial charge in [-0.05, 0) is 69.8 Å². The predicted molar refractivity (Wildman–Crippen MR) is 177 cm³/mol. The molecule has 4 heterocycles. The van der Waals surface area contributed by atoms with Gasteiger partial charge in [-0.1, -0.05) is 36.4 Å². The number of amides is 2. The fourth-order valence-electron chi connectivity index (χ4n) is 8.40. The Morgan fingerprint density at radius 2 is 1.73 bits per heavy atom. The summed E-state index contributed by atoms with van der Waals surface area (Å²) in [6.45, 7) is 7.42. The van der Waals surface area contributed by atoms with Crippen LogP contribution >= 0.6 is 0 Å². The summed E-state index contributed by atoms with van der Waals surface area (Å²) in [5.41, 5.74) is 6.49. The van der Waals surface area contributed by atoms with E-state index in [9.17, 15) is 25.1 Å². The molecule has 2 bridgehead atoms. The van der Waals surface area contributed by atoms with Crippen molar-refractivity contribution in [3.8, 4) is 29.1 Å². The first kappa shape index (κ1) is 35.5. The van der Waals surface area contributed by atoms with Gasteiger partial charge in [-0.3, -0.25) is 19.4 Å². The zero-order valence-corrected chi connectivity index (χ0v) is 33.2. The van der Waals surface area contributed by atoms with Crippen molar-refractivity contribution in [1.82, 2.24) is 20.4 Å². The van der Waals surface area contributed by atoms with E-state index in [0.717, 1.165) is 27.8 Å². The number of piperazine rings is 1. The molecule has 0 aromatic heterocycles. The normalized spacial score (nSPS) is 24.0. The number of nitrogens with zero attached hydrogens (tertiary/aromatic N) is 3. The van der Waals surface area contributed by atoms with Crippen LogP contribution < -0.4 is 20.1 Å². The second-order valence-electron chi connectivity index (χ2n) is 13.6. The first-order valence-corrected chi connectivity index (χ1v) is 16.5. The molecule has 4 aliphatic rings. The monoisotopic (exact) mass is 878 g/mol. The van der Waals surface area contributed by atoms with Crippen LogP contribution in [0.1, 0.15) is 63.5 Å². The molecule has 11 nitrogen and oxygen atoms in total. The van der Waals surface area contributed by atoms with Crippen molar-refractivity contribution in [3.05, 3.63) is 80.9 Å². The van der Waals surface area contributed by atoms with E-state index < -0.39 is 18.1 Å². The Labute approximate surface area is 322 Å². The summed E-state index contributed by atoms with van der Waals surface area (Å²) in [6.07, 6.45) is 1.12. The average molecular weight is 879 g/mol. The number of hydrogen-bond donors (Lipinski definition) is 4. The molecule has 6 atom stereocenters. The maximum atomic E-state index is 13.5. The van der Waals surface area contributed by atoms with E-state index in [-0.39, 0.29) is 105 Å². The quantitative estimate of drug-likeness (QED) is 0.293. The number of likely N-dealkylation sites (N-methyl/N-ethyl adjacent to an activating group) is 1. The predicted octanol–water partition coefficient (Wildman–Crippen LogP) is 3.39. The minimum Gasteiger partial charge on any atom is -0.507 e. The maximum absolute atomic E-state index is 13.5. The minimum absolute atomic E-state index is 0. The third-order valence-corrected chi connectivity index (χ3v) is 10.9. The Balaban J connectivity index is 0.00000417. The second-order valence-corrected chi connectivity index (χ2v) is 13.6. The van der Waals surface area contributed by atoms with Crippen molar-refractivity contribution in [1.29, 1.82) is 5.26 Å². The van der Waals surface area contributed by atoms with Crippen LogP contribution in [0.2, 0.25) is 0 Å². The summed E-state index contributed by atoms with van der Waals surface area (Å²) in [4.78, 5) is 30.6. The molecule has 4 aliphatic heterocycles. The summed E-state index contributed by atoms with van der Waals surface area (Å²) in [7, 11) is 2.01. The number of nitrogens with one attached hydrogen (secondary N) is 2. The van der Waals surface area contributed by atoms with E-state index in [2.05, 4.69) is 32.6 Å². The van der Waals surface area contributed by atoms with Gasteiger partial charge in [0.15, 0.2) is 11.5 Å². The zero-order chi connectivity index (χ0) is 34.0. The number of carbonyl (C=O) groups excluding carboxylic acids is 2. The van der Waals surface area contributed by atoms with Gasteiger partial charge < -0.3 is 30.3 Å². The van der Waals surface area contributed by atoms with Crippen LogP contribution in [-0.4, -0.2) is 76.4 Å². The number of rotatable bonds is 6. The molecule has 0 spiro atoms. The van der Waals surface area contributed by atoms with Gasteiger partial charge in [-0.15, -0.1) is 0 Å². The molecular formula is C37H41AcN5O6. The van der Waals surface area contributed by atoms with Crippen LogP contribution in [0.3, 0.4) is 0 Å². The number of fused-ring (bicyclic) bond motifs is 9. The number of carbonyl (C=O) groups is 2. The van der Waals surface area contributed by atoms with Gasteiger partial charge in [-0.2, -0.15) is 5.26 Å². The molecule has 3 aromatic rings. The molecule has 4 N–H and O–H groups in total. The Bertz CT molecular complexity index is 1860. The molecule has 253 valence electrons. The Morgan fingerprint density at radius 1 is 1.02 bits per heavy atom.